The van der Waals surface area contributed by atoms with Gasteiger partial charge in [0.15, 0.2) is 0 Å². The van der Waals surface area contributed by atoms with Gasteiger partial charge >= 0.3 is 0 Å². The topological polar surface area (TPSA) is 98.7 Å². The van der Waals surface area contributed by atoms with Crippen LogP contribution in [0.15, 0.2) is 36.4 Å². The Balaban J connectivity index is 2.42. The van der Waals surface area contributed by atoms with Gasteiger partial charge in [0.2, 0.25) is 5.91 Å². The number of hydrogen-bond donors (Lipinski definition) is 1. The van der Waals surface area contributed by atoms with E-state index in [0.29, 0.717) is 28.1 Å². The lowest BCUT2D eigenvalue weighted by Crippen LogP contribution is -2.34. The molecule has 0 saturated carbocycles. The molecule has 25 heavy (non-hydrogen) atoms. The molecule has 132 valence electrons. The van der Waals surface area contributed by atoms with Crippen molar-refractivity contribution in [2.24, 2.45) is 5.73 Å². The van der Waals surface area contributed by atoms with E-state index in [2.05, 4.69) is 0 Å². The van der Waals surface area contributed by atoms with Crippen molar-refractivity contribution in [2.45, 2.75) is 6.92 Å². The minimum atomic E-state index is -0.594. The normalized spacial score (nSPS) is 10.4. The van der Waals surface area contributed by atoms with Crippen LogP contribution in [0.5, 0.6) is 11.5 Å². The molecule has 2 aromatic rings. The number of rotatable bonds is 7. The molecule has 1 amide bonds. The minimum Gasteiger partial charge on any atom is -0.456 e. The Morgan fingerprint density at radius 2 is 2.00 bits per heavy atom. The summed E-state index contributed by atoms with van der Waals surface area (Å²) in [7, 11) is 0. The molecule has 0 bridgehead atoms. The predicted molar refractivity (Wildman–Crippen MR) is 96.7 cm³/mol. The van der Waals surface area contributed by atoms with E-state index in [4.69, 9.17) is 33.7 Å². The van der Waals surface area contributed by atoms with Crippen molar-refractivity contribution in [2.75, 3.05) is 18.0 Å². The van der Waals surface area contributed by atoms with Gasteiger partial charge in [0.05, 0.1) is 16.5 Å². The number of carbonyl (C=O) groups is 1. The number of ether oxygens (including phenoxy) is 1. The summed E-state index contributed by atoms with van der Waals surface area (Å²) in [5.41, 5.74) is 5.29. The van der Waals surface area contributed by atoms with E-state index in [1.165, 1.54) is 29.2 Å². The summed E-state index contributed by atoms with van der Waals surface area (Å²) in [6.07, 6.45) is 0. The highest BCUT2D eigenvalue weighted by atomic mass is 35.5. The molecule has 0 saturated heterocycles. The molecule has 0 fully saturated rings. The Kier molecular flexibility index (Phi) is 6.06. The zero-order valence-corrected chi connectivity index (χ0v) is 14.8. The number of anilines is 1. The van der Waals surface area contributed by atoms with Gasteiger partial charge in [-0.15, -0.1) is 0 Å². The number of hydrogen-bond acceptors (Lipinski definition) is 5. The average Bonchev–Trinajstić information content (AvgIpc) is 2.54. The van der Waals surface area contributed by atoms with E-state index in [-0.39, 0.29) is 17.9 Å². The first-order valence-electron chi connectivity index (χ1n) is 7.26. The molecule has 9 heteroatoms. The van der Waals surface area contributed by atoms with Crippen LogP contribution in [0.25, 0.3) is 0 Å². The Bertz CT molecular complexity index is 814. The quantitative estimate of drug-likeness (QED) is 0.575. The van der Waals surface area contributed by atoms with Crippen LogP contribution in [0.2, 0.25) is 10.0 Å². The van der Waals surface area contributed by atoms with Crippen molar-refractivity contribution >= 4 is 40.5 Å². The second-order valence-electron chi connectivity index (χ2n) is 5.06. The second kappa shape index (κ2) is 8.04. The number of carbonyl (C=O) groups excluding carboxylic acids is 1. The molecule has 0 aromatic heterocycles. The molecule has 0 unspecified atom stereocenters. The summed E-state index contributed by atoms with van der Waals surface area (Å²) in [6, 6.07) is 8.95. The molecule has 0 spiro atoms. The van der Waals surface area contributed by atoms with Crippen LogP contribution >= 0.6 is 23.2 Å². The smallest absolute Gasteiger partial charge is 0.292 e. The van der Waals surface area contributed by atoms with Gasteiger partial charge < -0.3 is 15.4 Å². The van der Waals surface area contributed by atoms with Crippen molar-refractivity contribution in [1.29, 1.82) is 0 Å². The van der Waals surface area contributed by atoms with E-state index in [1.54, 1.807) is 19.1 Å². The number of amides is 1. The summed E-state index contributed by atoms with van der Waals surface area (Å²) in [6.45, 7) is 1.97. The highest BCUT2D eigenvalue weighted by Crippen LogP contribution is 2.36. The van der Waals surface area contributed by atoms with Crippen molar-refractivity contribution in [3.63, 3.8) is 0 Å². The van der Waals surface area contributed by atoms with Gasteiger partial charge in [-0.2, -0.15) is 0 Å². The standard InChI is InChI=1S/C16H15Cl2N3O4/c1-2-20(9-16(19)22)14-8-11(4-5-13(14)21(23)24)25-15-6-3-10(17)7-12(15)18/h3-8H,2,9H2,1H3,(H2,19,22). The molecular formula is C16H15Cl2N3O4. The van der Waals surface area contributed by atoms with Gasteiger partial charge in [0.25, 0.3) is 5.69 Å². The first-order valence-corrected chi connectivity index (χ1v) is 8.02. The fraction of sp³-hybridized carbons (Fsp3) is 0.188. The Morgan fingerprint density at radius 3 is 2.56 bits per heavy atom. The third-order valence-electron chi connectivity index (χ3n) is 3.33. The molecule has 2 N–H and O–H groups in total. The number of likely N-dealkylation sites (N-methyl/N-ethyl adjacent to an activating group) is 1. The number of nitro benzene ring substituents is 1. The molecule has 0 aliphatic rings. The molecule has 0 radical (unpaired) electrons. The third-order valence-corrected chi connectivity index (χ3v) is 3.86. The zero-order chi connectivity index (χ0) is 18.6. The Hall–Kier alpha value is -2.51. The highest BCUT2D eigenvalue weighted by Gasteiger charge is 2.21. The highest BCUT2D eigenvalue weighted by molar-refractivity contribution is 6.35. The molecule has 2 aromatic carbocycles. The van der Waals surface area contributed by atoms with Gasteiger partial charge in [-0.05, 0) is 31.2 Å². The molecule has 0 atom stereocenters. The number of nitrogens with zero attached hydrogens (tertiary/aromatic N) is 2. The van der Waals surface area contributed by atoms with Gasteiger partial charge in [-0.25, -0.2) is 0 Å². The van der Waals surface area contributed by atoms with Crippen LogP contribution in [-0.4, -0.2) is 23.9 Å². The lowest BCUT2D eigenvalue weighted by Gasteiger charge is -2.21. The summed E-state index contributed by atoms with van der Waals surface area (Å²) >= 11 is 11.9. The first-order chi connectivity index (χ1) is 11.8. The summed E-state index contributed by atoms with van der Waals surface area (Å²) in [5.74, 6) is 0.0831. The van der Waals surface area contributed by atoms with E-state index < -0.39 is 10.8 Å². The van der Waals surface area contributed by atoms with Crippen LogP contribution in [-0.2, 0) is 4.79 Å². The second-order valence-corrected chi connectivity index (χ2v) is 5.91. The Labute approximate surface area is 154 Å². The Morgan fingerprint density at radius 1 is 1.28 bits per heavy atom. The van der Waals surface area contributed by atoms with E-state index >= 15 is 0 Å². The summed E-state index contributed by atoms with van der Waals surface area (Å²) in [5, 5.41) is 12.0. The van der Waals surface area contributed by atoms with Crippen LogP contribution in [0.3, 0.4) is 0 Å². The largest absolute Gasteiger partial charge is 0.456 e. The van der Waals surface area contributed by atoms with Crippen LogP contribution in [0.4, 0.5) is 11.4 Å². The average molecular weight is 384 g/mol. The maximum Gasteiger partial charge on any atom is 0.292 e. The molecule has 0 aliphatic heterocycles. The first kappa shape index (κ1) is 18.8. The number of primary amides is 1. The van der Waals surface area contributed by atoms with Crippen molar-refractivity contribution in [3.05, 3.63) is 56.6 Å². The lowest BCUT2D eigenvalue weighted by molar-refractivity contribution is -0.384. The van der Waals surface area contributed by atoms with E-state index in [9.17, 15) is 14.9 Å². The van der Waals surface area contributed by atoms with E-state index in [1.807, 2.05) is 0 Å². The molecular weight excluding hydrogens is 369 g/mol. The lowest BCUT2D eigenvalue weighted by atomic mass is 10.2. The van der Waals surface area contributed by atoms with Crippen LogP contribution in [0, 0.1) is 10.1 Å². The van der Waals surface area contributed by atoms with Gasteiger partial charge in [0, 0.05) is 23.7 Å². The number of benzene rings is 2. The SMILES string of the molecule is CCN(CC(N)=O)c1cc(Oc2ccc(Cl)cc2Cl)ccc1[N+](=O)[O-]. The third kappa shape index (κ3) is 4.74. The molecule has 2 rings (SSSR count). The van der Waals surface area contributed by atoms with Gasteiger partial charge in [-0.3, -0.25) is 14.9 Å². The maximum absolute atomic E-state index is 11.3. The summed E-state index contributed by atoms with van der Waals surface area (Å²) in [4.78, 5) is 23.5. The van der Waals surface area contributed by atoms with Crippen LogP contribution in [0.1, 0.15) is 6.92 Å². The zero-order valence-electron chi connectivity index (χ0n) is 13.2. The van der Waals surface area contributed by atoms with Crippen molar-refractivity contribution in [3.8, 4) is 11.5 Å². The van der Waals surface area contributed by atoms with E-state index in [0.717, 1.165) is 0 Å². The maximum atomic E-state index is 11.3. The number of nitro groups is 1. The fourth-order valence-corrected chi connectivity index (χ4v) is 2.66. The predicted octanol–water partition coefficient (Wildman–Crippen LogP) is 4.01. The summed E-state index contributed by atoms with van der Waals surface area (Å²) < 4.78 is 5.68. The van der Waals surface area contributed by atoms with Crippen molar-refractivity contribution in [1.82, 2.24) is 0 Å². The minimum absolute atomic E-state index is 0.150. The number of halogens is 2. The van der Waals surface area contributed by atoms with Crippen LogP contribution < -0.4 is 15.4 Å². The molecule has 0 aliphatic carbocycles. The van der Waals surface area contributed by atoms with Gasteiger partial charge in [0.1, 0.15) is 17.2 Å². The molecule has 0 heterocycles. The van der Waals surface area contributed by atoms with Crippen molar-refractivity contribution < 1.29 is 14.5 Å². The monoisotopic (exact) mass is 383 g/mol. The molecule has 7 nitrogen and oxygen atoms in total. The fourth-order valence-electron chi connectivity index (χ4n) is 2.21. The number of nitrogens with two attached hydrogens (primary N) is 1. The van der Waals surface area contributed by atoms with Gasteiger partial charge in [-0.1, -0.05) is 23.2 Å².